The number of anilines is 1. The summed E-state index contributed by atoms with van der Waals surface area (Å²) in [5, 5.41) is 0. The number of benzene rings is 1. The second kappa shape index (κ2) is 5.24. The van der Waals surface area contributed by atoms with Gasteiger partial charge in [0.15, 0.2) is 0 Å². The molecule has 0 fully saturated rings. The third-order valence-corrected chi connectivity index (χ3v) is 3.02. The molecule has 0 atom stereocenters. The first-order valence-electron chi connectivity index (χ1n) is 5.86. The van der Waals surface area contributed by atoms with E-state index in [-0.39, 0.29) is 12.1 Å². The van der Waals surface area contributed by atoms with E-state index in [9.17, 15) is 18.8 Å². The minimum absolute atomic E-state index is 0.0409. The van der Waals surface area contributed by atoms with Gasteiger partial charge in [-0.2, -0.15) is 0 Å². The van der Waals surface area contributed by atoms with E-state index in [0.717, 1.165) is 6.07 Å². The number of esters is 1. The number of carbonyl (C=O) groups is 3. The van der Waals surface area contributed by atoms with Crippen LogP contribution in [-0.2, 0) is 14.3 Å². The highest BCUT2D eigenvalue weighted by molar-refractivity contribution is 6.52. The van der Waals surface area contributed by atoms with Crippen LogP contribution in [0.5, 0.6) is 0 Å². The Morgan fingerprint density at radius 1 is 1.40 bits per heavy atom. The number of ketones is 1. The Labute approximate surface area is 114 Å². The molecular weight excluding hydrogens is 265 g/mol. The van der Waals surface area contributed by atoms with Crippen LogP contribution in [0.4, 0.5) is 10.1 Å². The molecule has 1 aliphatic heterocycles. The molecule has 0 spiro atoms. The van der Waals surface area contributed by atoms with E-state index < -0.39 is 23.5 Å². The molecule has 1 aromatic carbocycles. The van der Waals surface area contributed by atoms with Gasteiger partial charge in [0, 0.05) is 12.1 Å². The van der Waals surface area contributed by atoms with Crippen molar-refractivity contribution in [2.24, 2.45) is 0 Å². The van der Waals surface area contributed by atoms with Crippen molar-refractivity contribution in [1.29, 1.82) is 0 Å². The molecule has 0 N–H and O–H groups in total. The van der Waals surface area contributed by atoms with Crippen molar-refractivity contribution < 1.29 is 23.5 Å². The third-order valence-electron chi connectivity index (χ3n) is 3.02. The van der Waals surface area contributed by atoms with Gasteiger partial charge in [-0.3, -0.25) is 9.59 Å². The largest absolute Gasteiger partial charge is 0.466 e. The van der Waals surface area contributed by atoms with Crippen LogP contribution in [0.25, 0.3) is 0 Å². The van der Waals surface area contributed by atoms with Crippen LogP contribution >= 0.6 is 0 Å². The van der Waals surface area contributed by atoms with Gasteiger partial charge in [0.05, 0.1) is 18.4 Å². The molecule has 0 radical (unpaired) electrons. The van der Waals surface area contributed by atoms with Crippen LogP contribution in [0.2, 0.25) is 0 Å². The molecule has 0 saturated carbocycles. The molecule has 0 aromatic heterocycles. The summed E-state index contributed by atoms with van der Waals surface area (Å²) in [6.45, 7) is 1.59. The van der Waals surface area contributed by atoms with Crippen molar-refractivity contribution in [3.05, 3.63) is 41.2 Å². The number of Topliss-reactive ketones (excluding diaryl/α,β-unsaturated/α-hetero) is 1. The van der Waals surface area contributed by atoms with E-state index in [4.69, 9.17) is 0 Å². The molecule has 1 aromatic rings. The van der Waals surface area contributed by atoms with Gasteiger partial charge in [-0.25, -0.2) is 9.18 Å². The normalized spacial score (nSPS) is 14.6. The number of ether oxygens (including phenoxy) is 1. The first-order valence-corrected chi connectivity index (χ1v) is 5.86. The summed E-state index contributed by atoms with van der Waals surface area (Å²) in [5.41, 5.74) is 0.706. The van der Waals surface area contributed by atoms with Crippen LogP contribution in [-0.4, -0.2) is 31.3 Å². The second-order valence-electron chi connectivity index (χ2n) is 4.29. The lowest BCUT2D eigenvalue weighted by molar-refractivity contribution is -0.136. The fraction of sp³-hybridized carbons (Fsp3) is 0.214. The zero-order valence-corrected chi connectivity index (χ0v) is 11.0. The second-order valence-corrected chi connectivity index (χ2v) is 4.29. The number of methoxy groups -OCH3 is 1. The lowest BCUT2D eigenvalue weighted by atomic mass is 10.1. The smallest absolute Gasteiger partial charge is 0.333 e. The maximum atomic E-state index is 13.1. The lowest BCUT2D eigenvalue weighted by Gasteiger charge is -2.14. The van der Waals surface area contributed by atoms with Crippen molar-refractivity contribution >= 4 is 23.3 Å². The number of rotatable bonds is 3. The van der Waals surface area contributed by atoms with Crippen molar-refractivity contribution in [2.45, 2.75) is 6.92 Å². The van der Waals surface area contributed by atoms with Crippen LogP contribution in [0.1, 0.15) is 17.3 Å². The SMILES string of the molecule is COC(=O)C(C)=CCN1C(=O)C(=O)c2cc(F)ccc21. The molecule has 0 bridgehead atoms. The van der Waals surface area contributed by atoms with Crippen molar-refractivity contribution in [3.63, 3.8) is 0 Å². The van der Waals surface area contributed by atoms with E-state index in [2.05, 4.69) is 4.74 Å². The van der Waals surface area contributed by atoms with Gasteiger partial charge in [0.25, 0.3) is 11.7 Å². The summed E-state index contributed by atoms with van der Waals surface area (Å²) in [4.78, 5) is 36.0. The molecule has 1 heterocycles. The number of hydrogen-bond acceptors (Lipinski definition) is 4. The van der Waals surface area contributed by atoms with E-state index in [0.29, 0.717) is 11.3 Å². The van der Waals surface area contributed by atoms with Crippen molar-refractivity contribution in [3.8, 4) is 0 Å². The molecule has 1 aliphatic rings. The van der Waals surface area contributed by atoms with Gasteiger partial charge in [-0.15, -0.1) is 0 Å². The average Bonchev–Trinajstić information content (AvgIpc) is 2.67. The molecule has 20 heavy (non-hydrogen) atoms. The zero-order valence-electron chi connectivity index (χ0n) is 11.0. The number of amides is 1. The first kappa shape index (κ1) is 13.9. The highest BCUT2D eigenvalue weighted by Gasteiger charge is 2.35. The topological polar surface area (TPSA) is 63.7 Å². The van der Waals surface area contributed by atoms with E-state index >= 15 is 0 Å². The minimum atomic E-state index is -0.747. The molecule has 1 amide bonds. The summed E-state index contributed by atoms with van der Waals surface area (Å²) >= 11 is 0. The number of hydrogen-bond donors (Lipinski definition) is 0. The number of carbonyl (C=O) groups excluding carboxylic acids is 3. The van der Waals surface area contributed by atoms with Crippen molar-refractivity contribution in [1.82, 2.24) is 0 Å². The molecule has 2 rings (SSSR count). The Morgan fingerprint density at radius 3 is 2.75 bits per heavy atom. The van der Waals surface area contributed by atoms with Crippen molar-refractivity contribution in [2.75, 3.05) is 18.6 Å². The number of halogens is 1. The van der Waals surface area contributed by atoms with Gasteiger partial charge in [0.1, 0.15) is 5.82 Å². The summed E-state index contributed by atoms with van der Waals surface area (Å²) in [6.07, 6.45) is 1.48. The summed E-state index contributed by atoms with van der Waals surface area (Å²) < 4.78 is 17.6. The summed E-state index contributed by atoms with van der Waals surface area (Å²) in [5.74, 6) is -2.57. The Hall–Kier alpha value is -2.50. The predicted molar refractivity (Wildman–Crippen MR) is 68.9 cm³/mol. The van der Waals surface area contributed by atoms with Crippen LogP contribution < -0.4 is 4.90 Å². The number of fused-ring (bicyclic) bond motifs is 1. The fourth-order valence-corrected chi connectivity index (χ4v) is 1.93. The van der Waals surface area contributed by atoms with Gasteiger partial charge in [0.2, 0.25) is 0 Å². The fourth-order valence-electron chi connectivity index (χ4n) is 1.93. The van der Waals surface area contributed by atoms with E-state index in [1.165, 1.54) is 30.2 Å². The Kier molecular flexibility index (Phi) is 3.65. The molecule has 0 saturated heterocycles. The number of nitrogens with zero attached hydrogens (tertiary/aromatic N) is 1. The molecule has 0 aliphatic carbocycles. The Bertz CT molecular complexity index is 636. The molecular formula is C14H12FNO4. The minimum Gasteiger partial charge on any atom is -0.466 e. The summed E-state index contributed by atoms with van der Waals surface area (Å²) in [7, 11) is 1.25. The predicted octanol–water partition coefficient (Wildman–Crippen LogP) is 1.47. The highest BCUT2D eigenvalue weighted by atomic mass is 19.1. The standard InChI is InChI=1S/C14H12FNO4/c1-8(14(19)20-2)5-6-16-11-4-3-9(15)7-10(11)12(17)13(16)18/h3-5,7H,6H2,1-2H3. The molecule has 0 unspecified atom stereocenters. The van der Waals surface area contributed by atoms with E-state index in [1.54, 1.807) is 6.92 Å². The van der Waals surface area contributed by atoms with Gasteiger partial charge < -0.3 is 9.64 Å². The van der Waals surface area contributed by atoms with Gasteiger partial charge in [-0.1, -0.05) is 6.08 Å². The zero-order chi connectivity index (χ0) is 14.9. The lowest BCUT2D eigenvalue weighted by Crippen LogP contribution is -2.30. The maximum absolute atomic E-state index is 13.1. The van der Waals surface area contributed by atoms with Crippen LogP contribution in [0, 0.1) is 5.82 Å². The first-order chi connectivity index (χ1) is 9.45. The third kappa shape index (κ3) is 2.32. The molecule has 6 heteroatoms. The molecule has 5 nitrogen and oxygen atoms in total. The van der Waals surface area contributed by atoms with Crippen LogP contribution in [0.3, 0.4) is 0 Å². The van der Waals surface area contributed by atoms with Gasteiger partial charge in [-0.05, 0) is 25.1 Å². The van der Waals surface area contributed by atoms with Crippen LogP contribution in [0.15, 0.2) is 29.8 Å². The van der Waals surface area contributed by atoms with E-state index in [1.807, 2.05) is 0 Å². The molecule has 104 valence electrons. The van der Waals surface area contributed by atoms with Gasteiger partial charge >= 0.3 is 5.97 Å². The Morgan fingerprint density at radius 2 is 2.10 bits per heavy atom. The Balaban J connectivity index is 2.29. The monoisotopic (exact) mass is 277 g/mol. The summed E-state index contributed by atoms with van der Waals surface area (Å²) in [6, 6.07) is 3.58. The highest BCUT2D eigenvalue weighted by Crippen LogP contribution is 2.29. The quantitative estimate of drug-likeness (QED) is 0.477. The maximum Gasteiger partial charge on any atom is 0.333 e. The average molecular weight is 277 g/mol.